The average Bonchev–Trinajstić information content (AvgIpc) is 3.21. The minimum absolute atomic E-state index is 0.00521. The number of hydrogen-bond donors (Lipinski definition) is 0. The molecule has 0 aliphatic carbocycles. The lowest BCUT2D eigenvalue weighted by Gasteiger charge is -2.33. The van der Waals surface area contributed by atoms with E-state index in [1.165, 1.54) is 40.3 Å². The van der Waals surface area contributed by atoms with E-state index in [-0.39, 0.29) is 11.4 Å². The summed E-state index contributed by atoms with van der Waals surface area (Å²) in [6, 6.07) is 17.4. The molecule has 1 aliphatic rings. The molecule has 1 aliphatic heterocycles. The number of carbonyl (C=O) groups excluding carboxylic acids is 1. The number of benzene rings is 3. The summed E-state index contributed by atoms with van der Waals surface area (Å²) in [7, 11) is -4.05. The lowest BCUT2D eigenvalue weighted by Crippen LogP contribution is -2.44. The molecule has 0 amide bonds. The first-order chi connectivity index (χ1) is 18.4. The van der Waals surface area contributed by atoms with E-state index in [0.29, 0.717) is 23.3 Å². The highest BCUT2D eigenvalue weighted by Crippen LogP contribution is 2.41. The van der Waals surface area contributed by atoms with Gasteiger partial charge in [-0.25, -0.2) is 26.6 Å². The highest BCUT2D eigenvalue weighted by molar-refractivity contribution is 7.99. The predicted molar refractivity (Wildman–Crippen MR) is 147 cm³/mol. The molecular formula is C29H28F2N2O4S2. The third-order valence-corrected chi connectivity index (χ3v) is 9.61. The fourth-order valence-electron chi connectivity index (χ4n) is 4.70. The van der Waals surface area contributed by atoms with Crippen LogP contribution in [0.5, 0.6) is 0 Å². The summed E-state index contributed by atoms with van der Waals surface area (Å²) in [5.74, 6) is -0.584. The van der Waals surface area contributed by atoms with Crippen molar-refractivity contribution >= 4 is 38.8 Å². The predicted octanol–water partition coefficient (Wildman–Crippen LogP) is 6.61. The van der Waals surface area contributed by atoms with Crippen LogP contribution in [0.2, 0.25) is 0 Å². The van der Waals surface area contributed by atoms with E-state index < -0.39 is 39.4 Å². The van der Waals surface area contributed by atoms with Gasteiger partial charge in [-0.05, 0) is 80.8 Å². The zero-order valence-corrected chi connectivity index (χ0v) is 23.4. The first kappa shape index (κ1) is 27.4. The van der Waals surface area contributed by atoms with E-state index >= 15 is 0 Å². The number of para-hydroxylation sites is 1. The van der Waals surface area contributed by atoms with Crippen LogP contribution in [0.3, 0.4) is 0 Å². The third-order valence-electron chi connectivity index (χ3n) is 6.44. The molecule has 0 N–H and O–H groups in total. The second kappa shape index (κ2) is 10.4. The Balaban J connectivity index is 1.57. The van der Waals surface area contributed by atoms with E-state index in [1.54, 1.807) is 37.5 Å². The highest BCUT2D eigenvalue weighted by Gasteiger charge is 2.37. The van der Waals surface area contributed by atoms with E-state index in [2.05, 4.69) is 0 Å². The maximum atomic E-state index is 13.9. The lowest BCUT2D eigenvalue weighted by molar-refractivity contribution is 0.0530. The largest absolute Gasteiger partial charge is 0.443 e. The lowest BCUT2D eigenvalue weighted by atomic mass is 10.1. The van der Waals surface area contributed by atoms with Gasteiger partial charge in [0.1, 0.15) is 17.2 Å². The van der Waals surface area contributed by atoms with Gasteiger partial charge in [-0.1, -0.05) is 30.3 Å². The minimum atomic E-state index is -4.05. The Morgan fingerprint density at radius 1 is 1.00 bits per heavy atom. The molecule has 0 saturated heterocycles. The molecule has 2 heterocycles. The summed E-state index contributed by atoms with van der Waals surface area (Å²) in [5.41, 5.74) is 1.48. The second-order valence-corrected chi connectivity index (χ2v) is 13.3. The van der Waals surface area contributed by atoms with Gasteiger partial charge in [0.2, 0.25) is 10.0 Å². The van der Waals surface area contributed by atoms with Gasteiger partial charge in [-0.2, -0.15) is 4.31 Å². The Kier molecular flexibility index (Phi) is 7.30. The Labute approximate surface area is 230 Å². The molecule has 204 valence electrons. The molecule has 4 aromatic rings. The number of nitrogens with zero attached hydrogens (tertiary/aromatic N) is 2. The van der Waals surface area contributed by atoms with Crippen LogP contribution in [0.1, 0.15) is 31.9 Å². The van der Waals surface area contributed by atoms with Gasteiger partial charge in [0.15, 0.2) is 0 Å². The normalized spacial score (nSPS) is 15.9. The molecule has 5 rings (SSSR count). The summed E-state index contributed by atoms with van der Waals surface area (Å²) in [6.07, 6.45) is -0.145. The van der Waals surface area contributed by atoms with Crippen molar-refractivity contribution in [3.05, 3.63) is 95.6 Å². The molecule has 6 nitrogen and oxygen atoms in total. The molecule has 10 heteroatoms. The number of fused-ring (bicyclic) bond motifs is 3. The standard InChI is InChI=1S/C29H28F2N2O4S2/c1-29(2,3)37-28(34)33-26-7-5-4-6-24(26)25-16-22(18-38-27(25)33)32(17-19-8-10-20(30)11-9-19)39(35,36)23-14-12-21(31)13-15-23/h4-15,22H,16-18H2,1-3H3/t22-/m0/s1. The number of sulfonamides is 1. The third kappa shape index (κ3) is 5.59. The quantitative estimate of drug-likeness (QED) is 0.270. The maximum Gasteiger partial charge on any atom is 0.419 e. The fourth-order valence-corrected chi connectivity index (χ4v) is 7.72. The van der Waals surface area contributed by atoms with Crippen molar-refractivity contribution < 1.29 is 26.7 Å². The summed E-state index contributed by atoms with van der Waals surface area (Å²) in [6.45, 7) is 5.42. The number of thioether (sulfide) groups is 1. The highest BCUT2D eigenvalue weighted by atomic mass is 32.2. The van der Waals surface area contributed by atoms with Crippen LogP contribution in [-0.4, -0.2) is 40.8 Å². The van der Waals surface area contributed by atoms with Gasteiger partial charge >= 0.3 is 6.09 Å². The fraction of sp³-hybridized carbons (Fsp3) is 0.276. The molecule has 0 fully saturated rings. The molecule has 39 heavy (non-hydrogen) atoms. The maximum absolute atomic E-state index is 13.9. The number of ether oxygens (including phenoxy) is 1. The van der Waals surface area contributed by atoms with Crippen molar-refractivity contribution in [1.82, 2.24) is 8.87 Å². The number of halogens is 2. The summed E-state index contributed by atoms with van der Waals surface area (Å²) < 4.78 is 63.6. The molecule has 0 unspecified atom stereocenters. The van der Waals surface area contributed by atoms with Crippen molar-refractivity contribution in [2.45, 2.75) is 55.3 Å². The molecule has 3 aromatic carbocycles. The Morgan fingerprint density at radius 3 is 2.26 bits per heavy atom. The molecule has 1 atom stereocenters. The van der Waals surface area contributed by atoms with Crippen molar-refractivity contribution in [2.24, 2.45) is 0 Å². The van der Waals surface area contributed by atoms with Crippen molar-refractivity contribution in [1.29, 1.82) is 0 Å². The van der Waals surface area contributed by atoms with Gasteiger partial charge < -0.3 is 4.74 Å². The molecule has 0 bridgehead atoms. The number of carbonyl (C=O) groups is 1. The first-order valence-corrected chi connectivity index (χ1v) is 14.9. The van der Waals surface area contributed by atoms with Crippen molar-refractivity contribution in [2.75, 3.05) is 5.75 Å². The van der Waals surface area contributed by atoms with E-state index in [4.69, 9.17) is 4.74 Å². The van der Waals surface area contributed by atoms with Gasteiger partial charge in [-0.15, -0.1) is 11.8 Å². The summed E-state index contributed by atoms with van der Waals surface area (Å²) >= 11 is 1.39. The Bertz CT molecular complexity index is 1630. The smallest absolute Gasteiger partial charge is 0.419 e. The van der Waals surface area contributed by atoms with Crippen LogP contribution in [0.15, 0.2) is 82.7 Å². The van der Waals surface area contributed by atoms with Gasteiger partial charge in [0, 0.05) is 23.7 Å². The molecule has 0 spiro atoms. The molecule has 1 aromatic heterocycles. The minimum Gasteiger partial charge on any atom is -0.443 e. The second-order valence-electron chi connectivity index (χ2n) is 10.4. The van der Waals surface area contributed by atoms with Crippen LogP contribution < -0.4 is 0 Å². The van der Waals surface area contributed by atoms with Crippen LogP contribution in [0, 0.1) is 11.6 Å². The Hall–Kier alpha value is -3.21. The molecule has 0 saturated carbocycles. The van der Waals surface area contributed by atoms with Crippen molar-refractivity contribution in [3.8, 4) is 0 Å². The van der Waals surface area contributed by atoms with Crippen LogP contribution in [0.25, 0.3) is 10.9 Å². The zero-order valence-electron chi connectivity index (χ0n) is 21.7. The number of hydrogen-bond acceptors (Lipinski definition) is 5. The molecule has 0 radical (unpaired) electrons. The van der Waals surface area contributed by atoms with E-state index in [0.717, 1.165) is 28.1 Å². The van der Waals surface area contributed by atoms with Crippen LogP contribution >= 0.6 is 11.8 Å². The SMILES string of the molecule is CC(C)(C)OC(=O)n1c2c(c3ccccc31)C[C@H](N(Cc1ccc(F)cc1)S(=O)(=O)c1ccc(F)cc1)CS2. The van der Waals surface area contributed by atoms with Crippen LogP contribution in [-0.2, 0) is 27.7 Å². The summed E-state index contributed by atoms with van der Waals surface area (Å²) in [5, 5.41) is 1.57. The van der Waals surface area contributed by atoms with E-state index in [1.807, 2.05) is 24.3 Å². The van der Waals surface area contributed by atoms with Gasteiger partial charge in [-0.3, -0.25) is 0 Å². The van der Waals surface area contributed by atoms with Crippen LogP contribution in [0.4, 0.5) is 13.6 Å². The first-order valence-electron chi connectivity index (χ1n) is 12.4. The Morgan fingerprint density at radius 2 is 1.62 bits per heavy atom. The average molecular weight is 571 g/mol. The monoisotopic (exact) mass is 570 g/mol. The van der Waals surface area contributed by atoms with E-state index in [9.17, 15) is 22.0 Å². The number of aromatic nitrogens is 1. The van der Waals surface area contributed by atoms with Crippen molar-refractivity contribution in [3.63, 3.8) is 0 Å². The van der Waals surface area contributed by atoms with Gasteiger partial charge in [0.25, 0.3) is 0 Å². The van der Waals surface area contributed by atoms with Gasteiger partial charge in [0.05, 0.1) is 15.4 Å². The topological polar surface area (TPSA) is 68.6 Å². The molecular weight excluding hydrogens is 542 g/mol. The zero-order chi connectivity index (χ0) is 27.9. The summed E-state index contributed by atoms with van der Waals surface area (Å²) in [4.78, 5) is 13.2. The number of rotatable bonds is 5.